The van der Waals surface area contributed by atoms with E-state index in [0.717, 1.165) is 54.9 Å². The van der Waals surface area contributed by atoms with Crippen molar-refractivity contribution in [2.45, 2.75) is 51.9 Å². The molecule has 33 heavy (non-hydrogen) atoms. The van der Waals surface area contributed by atoms with Crippen molar-refractivity contribution in [1.82, 2.24) is 19.9 Å². The third-order valence-electron chi connectivity index (χ3n) is 6.08. The van der Waals surface area contributed by atoms with Crippen molar-refractivity contribution in [3.8, 4) is 0 Å². The van der Waals surface area contributed by atoms with E-state index in [1.165, 1.54) is 6.07 Å². The first-order valence-corrected chi connectivity index (χ1v) is 11.5. The number of likely N-dealkylation sites (tertiary alicyclic amines) is 1. The molecule has 3 heterocycles. The topological polar surface area (TPSA) is 71.0 Å². The first kappa shape index (κ1) is 22.8. The van der Waals surface area contributed by atoms with E-state index in [2.05, 4.69) is 21.4 Å². The zero-order chi connectivity index (χ0) is 23.2. The number of carbonyl (C=O) groups is 1. The van der Waals surface area contributed by atoms with Gasteiger partial charge in [0.25, 0.3) is 0 Å². The fourth-order valence-electron chi connectivity index (χ4n) is 4.40. The number of piperidine rings is 1. The Bertz CT molecular complexity index is 1110. The molecule has 1 unspecified atom stereocenters. The minimum Gasteiger partial charge on any atom is -0.342 e. The molecule has 0 aliphatic carbocycles. The molecule has 1 saturated heterocycles. The van der Waals surface area contributed by atoms with Crippen LogP contribution in [0.1, 0.15) is 54.1 Å². The average Bonchev–Trinajstić information content (AvgIpc) is 2.82. The summed E-state index contributed by atoms with van der Waals surface area (Å²) in [6, 6.07) is 9.22. The van der Waals surface area contributed by atoms with E-state index in [1.807, 2.05) is 24.0 Å². The molecule has 0 saturated carbocycles. The van der Waals surface area contributed by atoms with E-state index in [9.17, 15) is 9.18 Å². The van der Waals surface area contributed by atoms with Crippen LogP contribution in [0.4, 0.5) is 15.9 Å². The summed E-state index contributed by atoms with van der Waals surface area (Å²) >= 11 is 0. The molecule has 1 atom stereocenters. The smallest absolute Gasteiger partial charge is 0.222 e. The fraction of sp³-hybridized carbons (Fsp3) is 0.385. The minimum atomic E-state index is -0.186. The van der Waals surface area contributed by atoms with Gasteiger partial charge in [0.1, 0.15) is 11.6 Å². The number of pyridine rings is 1. The lowest BCUT2D eigenvalue weighted by Crippen LogP contribution is -2.39. The molecule has 3 aromatic rings. The molecule has 0 spiro atoms. The van der Waals surface area contributed by atoms with Gasteiger partial charge in [-0.15, -0.1) is 0 Å². The number of aryl methyl sites for hydroxylation is 3. The molecule has 1 aliphatic rings. The van der Waals surface area contributed by atoms with Crippen molar-refractivity contribution in [2.24, 2.45) is 0 Å². The molecule has 1 aromatic carbocycles. The molecular weight excluding hydrogens is 417 g/mol. The van der Waals surface area contributed by atoms with E-state index < -0.39 is 0 Å². The molecule has 1 aliphatic heterocycles. The average molecular weight is 448 g/mol. The molecule has 0 radical (unpaired) electrons. The van der Waals surface area contributed by atoms with Crippen molar-refractivity contribution >= 4 is 17.4 Å². The Balaban J connectivity index is 1.35. The van der Waals surface area contributed by atoms with Gasteiger partial charge in [0.15, 0.2) is 0 Å². The zero-order valence-electron chi connectivity index (χ0n) is 19.2. The standard InChI is InChI=1S/C26H30FN5O/c1-18-13-20(8-9-23(18)27)5-3-7-26(33)32-12-4-6-21(17-32)24-15-22(14-19(2)30-24)31-25-16-28-10-11-29-25/h8-11,13-16,21H,3-7,12,17H2,1-2H3,(H,29,30,31). The molecule has 7 heteroatoms. The third kappa shape index (κ3) is 6.12. The van der Waals surface area contributed by atoms with Gasteiger partial charge in [-0.2, -0.15) is 0 Å². The van der Waals surface area contributed by atoms with Crippen LogP contribution in [0, 0.1) is 19.7 Å². The SMILES string of the molecule is Cc1cc(Nc2cnccn2)cc(C2CCCN(C(=O)CCCc3ccc(F)c(C)c3)C2)n1. The largest absolute Gasteiger partial charge is 0.342 e. The monoisotopic (exact) mass is 447 g/mol. The molecule has 1 fully saturated rings. The highest BCUT2D eigenvalue weighted by molar-refractivity contribution is 5.76. The number of nitrogens with one attached hydrogen (secondary N) is 1. The highest BCUT2D eigenvalue weighted by atomic mass is 19.1. The van der Waals surface area contributed by atoms with Crippen LogP contribution in [0.2, 0.25) is 0 Å². The molecule has 6 nitrogen and oxygen atoms in total. The summed E-state index contributed by atoms with van der Waals surface area (Å²) in [5, 5.41) is 3.29. The maximum atomic E-state index is 13.5. The number of hydrogen-bond donors (Lipinski definition) is 1. The number of benzene rings is 1. The molecule has 4 rings (SSSR count). The van der Waals surface area contributed by atoms with E-state index in [1.54, 1.807) is 31.6 Å². The van der Waals surface area contributed by atoms with E-state index in [0.29, 0.717) is 24.3 Å². The van der Waals surface area contributed by atoms with Crippen LogP contribution in [0.5, 0.6) is 0 Å². The maximum Gasteiger partial charge on any atom is 0.222 e. The lowest BCUT2D eigenvalue weighted by Gasteiger charge is -2.33. The Morgan fingerprint density at radius 1 is 1.21 bits per heavy atom. The van der Waals surface area contributed by atoms with E-state index in [-0.39, 0.29) is 17.6 Å². The number of rotatable bonds is 7. The second-order valence-corrected chi connectivity index (χ2v) is 8.75. The molecule has 1 N–H and O–H groups in total. The highest BCUT2D eigenvalue weighted by Crippen LogP contribution is 2.29. The van der Waals surface area contributed by atoms with Crippen LogP contribution in [0.3, 0.4) is 0 Å². The number of anilines is 2. The Hall–Kier alpha value is -3.35. The van der Waals surface area contributed by atoms with Crippen LogP contribution in [-0.4, -0.2) is 38.8 Å². The lowest BCUT2D eigenvalue weighted by atomic mass is 9.93. The van der Waals surface area contributed by atoms with E-state index >= 15 is 0 Å². The van der Waals surface area contributed by atoms with Crippen LogP contribution in [-0.2, 0) is 11.2 Å². The number of hydrogen-bond acceptors (Lipinski definition) is 5. The number of amides is 1. The Labute approximate surface area is 194 Å². The van der Waals surface area contributed by atoms with Crippen LogP contribution < -0.4 is 5.32 Å². The number of nitrogens with zero attached hydrogens (tertiary/aromatic N) is 4. The Kier molecular flexibility index (Phi) is 7.27. The molecular formula is C26H30FN5O. The lowest BCUT2D eigenvalue weighted by molar-refractivity contribution is -0.132. The third-order valence-corrected chi connectivity index (χ3v) is 6.08. The molecule has 0 bridgehead atoms. The van der Waals surface area contributed by atoms with Crippen molar-refractivity contribution in [3.63, 3.8) is 0 Å². The van der Waals surface area contributed by atoms with Gasteiger partial charge in [-0.1, -0.05) is 12.1 Å². The number of carbonyl (C=O) groups excluding carboxylic acids is 1. The molecule has 2 aromatic heterocycles. The minimum absolute atomic E-state index is 0.184. The summed E-state index contributed by atoms with van der Waals surface area (Å²) in [4.78, 5) is 28.0. The zero-order valence-corrected chi connectivity index (χ0v) is 19.2. The van der Waals surface area contributed by atoms with Gasteiger partial charge in [-0.25, -0.2) is 9.37 Å². The van der Waals surface area contributed by atoms with Gasteiger partial charge in [0, 0.05) is 54.9 Å². The quantitative estimate of drug-likeness (QED) is 0.546. The van der Waals surface area contributed by atoms with Crippen molar-refractivity contribution in [2.75, 3.05) is 18.4 Å². The van der Waals surface area contributed by atoms with Gasteiger partial charge in [-0.05, 0) is 68.9 Å². The van der Waals surface area contributed by atoms with Gasteiger partial charge < -0.3 is 10.2 Å². The van der Waals surface area contributed by atoms with Crippen molar-refractivity contribution in [3.05, 3.63) is 77.3 Å². The van der Waals surface area contributed by atoms with Crippen LogP contribution in [0.25, 0.3) is 0 Å². The molecule has 172 valence electrons. The summed E-state index contributed by atoms with van der Waals surface area (Å²) < 4.78 is 13.5. The predicted octanol–water partition coefficient (Wildman–Crippen LogP) is 5.10. The van der Waals surface area contributed by atoms with Crippen LogP contribution >= 0.6 is 0 Å². The first-order valence-electron chi connectivity index (χ1n) is 11.5. The first-order chi connectivity index (χ1) is 16.0. The van der Waals surface area contributed by atoms with E-state index in [4.69, 9.17) is 4.98 Å². The summed E-state index contributed by atoms with van der Waals surface area (Å²) in [6.45, 7) is 5.23. The maximum absolute atomic E-state index is 13.5. The second-order valence-electron chi connectivity index (χ2n) is 8.75. The normalized spacial score (nSPS) is 16.0. The van der Waals surface area contributed by atoms with Gasteiger partial charge >= 0.3 is 0 Å². The summed E-state index contributed by atoms with van der Waals surface area (Å²) in [6.07, 6.45) is 9.01. The van der Waals surface area contributed by atoms with Gasteiger partial charge in [-0.3, -0.25) is 14.8 Å². The Morgan fingerprint density at radius 2 is 2.09 bits per heavy atom. The summed E-state index contributed by atoms with van der Waals surface area (Å²) in [5.74, 6) is 0.897. The fourth-order valence-corrected chi connectivity index (χ4v) is 4.40. The Morgan fingerprint density at radius 3 is 2.88 bits per heavy atom. The second kappa shape index (κ2) is 10.5. The van der Waals surface area contributed by atoms with Crippen molar-refractivity contribution < 1.29 is 9.18 Å². The van der Waals surface area contributed by atoms with Gasteiger partial charge in [0.2, 0.25) is 5.91 Å². The number of halogens is 1. The summed E-state index contributed by atoms with van der Waals surface area (Å²) in [7, 11) is 0. The summed E-state index contributed by atoms with van der Waals surface area (Å²) in [5.41, 5.74) is 4.58. The predicted molar refractivity (Wildman–Crippen MR) is 127 cm³/mol. The molecule has 1 amide bonds. The van der Waals surface area contributed by atoms with Crippen LogP contribution in [0.15, 0.2) is 48.9 Å². The van der Waals surface area contributed by atoms with Gasteiger partial charge in [0.05, 0.1) is 6.20 Å². The van der Waals surface area contributed by atoms with Crippen molar-refractivity contribution in [1.29, 1.82) is 0 Å². The number of aromatic nitrogens is 3. The highest BCUT2D eigenvalue weighted by Gasteiger charge is 2.25.